The number of benzene rings is 3. The normalized spacial score (nSPS) is 12.3. The minimum Gasteiger partial charge on any atom is -0.352 e. The second-order valence-corrected chi connectivity index (χ2v) is 6.89. The van der Waals surface area contributed by atoms with Gasteiger partial charge in [-0.25, -0.2) is 4.98 Å². The zero-order chi connectivity index (χ0) is 20.1. The van der Waals surface area contributed by atoms with E-state index in [1.807, 2.05) is 12.1 Å². The van der Waals surface area contributed by atoms with Gasteiger partial charge in [0.25, 0.3) is 0 Å². The van der Waals surface area contributed by atoms with E-state index in [0.29, 0.717) is 6.54 Å². The van der Waals surface area contributed by atoms with E-state index in [1.165, 1.54) is 22.7 Å². The van der Waals surface area contributed by atoms with Crippen molar-refractivity contribution in [2.75, 3.05) is 7.05 Å². The first-order chi connectivity index (χ1) is 14.2. The third-order valence-electron chi connectivity index (χ3n) is 4.94. The summed E-state index contributed by atoms with van der Waals surface area (Å²) in [5.41, 5.74) is 3.40. The number of nitrogens with one attached hydrogen (secondary N) is 3. The summed E-state index contributed by atoms with van der Waals surface area (Å²) in [6.07, 6.45) is 1.51. The minimum absolute atomic E-state index is 0. The molecule has 3 N–H and O–H groups in total. The van der Waals surface area contributed by atoms with Gasteiger partial charge in [0.15, 0.2) is 11.8 Å². The Morgan fingerprint density at radius 2 is 1.87 bits per heavy atom. The van der Waals surface area contributed by atoms with Gasteiger partial charge < -0.3 is 10.6 Å². The molecule has 30 heavy (non-hydrogen) atoms. The molecule has 0 fully saturated rings. The Morgan fingerprint density at radius 1 is 1.07 bits per heavy atom. The number of H-pyrrole nitrogens is 1. The molecule has 0 amide bonds. The van der Waals surface area contributed by atoms with Crippen molar-refractivity contribution in [3.63, 3.8) is 0 Å². The van der Waals surface area contributed by atoms with Crippen molar-refractivity contribution in [2.45, 2.75) is 19.5 Å². The number of rotatable bonds is 5. The van der Waals surface area contributed by atoms with E-state index in [1.54, 1.807) is 7.05 Å². The molecule has 0 aliphatic heterocycles. The molecule has 0 saturated heterocycles. The Kier molecular flexibility index (Phi) is 7.40. The molecule has 6 nitrogen and oxygen atoms in total. The molecule has 4 aromatic rings. The summed E-state index contributed by atoms with van der Waals surface area (Å²) < 4.78 is 0. The van der Waals surface area contributed by atoms with E-state index in [2.05, 4.69) is 92.3 Å². The highest BCUT2D eigenvalue weighted by atomic mass is 127. The van der Waals surface area contributed by atoms with E-state index >= 15 is 0 Å². The number of hydrogen-bond acceptors (Lipinski definition) is 3. The number of hydrogen-bond donors (Lipinski definition) is 3. The lowest BCUT2D eigenvalue weighted by atomic mass is 10.00. The average Bonchev–Trinajstić information content (AvgIpc) is 3.31. The zero-order valence-electron chi connectivity index (χ0n) is 17.0. The van der Waals surface area contributed by atoms with Crippen LogP contribution in [0, 0.1) is 0 Å². The predicted molar refractivity (Wildman–Crippen MR) is 133 cm³/mol. The van der Waals surface area contributed by atoms with Crippen LogP contribution in [0.15, 0.2) is 78.0 Å². The smallest absolute Gasteiger partial charge is 0.191 e. The molecular formula is C23H25IN6. The summed E-state index contributed by atoms with van der Waals surface area (Å²) in [5.74, 6) is 1.52. The first kappa shape index (κ1) is 21.8. The van der Waals surface area contributed by atoms with Crippen molar-refractivity contribution in [1.29, 1.82) is 0 Å². The molecule has 1 aromatic heterocycles. The number of aromatic nitrogens is 3. The summed E-state index contributed by atoms with van der Waals surface area (Å²) in [5, 5.41) is 16.2. The van der Waals surface area contributed by atoms with Crippen LogP contribution in [0.5, 0.6) is 0 Å². The number of aliphatic imine (C=N–C) groups is 1. The summed E-state index contributed by atoms with van der Waals surface area (Å²) in [6, 6.07) is 23.2. The molecule has 3 aromatic carbocycles. The van der Waals surface area contributed by atoms with Crippen LogP contribution in [-0.2, 0) is 6.54 Å². The third-order valence-corrected chi connectivity index (χ3v) is 4.94. The maximum absolute atomic E-state index is 4.39. The van der Waals surface area contributed by atoms with Crippen molar-refractivity contribution < 1.29 is 0 Å². The number of halogens is 1. The van der Waals surface area contributed by atoms with Gasteiger partial charge in [-0.1, -0.05) is 60.7 Å². The Morgan fingerprint density at radius 3 is 2.67 bits per heavy atom. The highest BCUT2D eigenvalue weighted by Crippen LogP contribution is 2.24. The van der Waals surface area contributed by atoms with Gasteiger partial charge in [0, 0.05) is 19.2 Å². The van der Waals surface area contributed by atoms with Crippen molar-refractivity contribution in [3.8, 4) is 11.4 Å². The van der Waals surface area contributed by atoms with Crippen LogP contribution < -0.4 is 10.6 Å². The second-order valence-electron chi connectivity index (χ2n) is 6.89. The van der Waals surface area contributed by atoms with E-state index in [4.69, 9.17) is 0 Å². The van der Waals surface area contributed by atoms with Crippen molar-refractivity contribution in [3.05, 3.63) is 84.2 Å². The van der Waals surface area contributed by atoms with Crippen molar-refractivity contribution in [2.24, 2.45) is 4.99 Å². The van der Waals surface area contributed by atoms with Crippen LogP contribution in [0.4, 0.5) is 0 Å². The molecule has 154 valence electrons. The largest absolute Gasteiger partial charge is 0.352 e. The molecule has 4 rings (SSSR count). The van der Waals surface area contributed by atoms with Crippen molar-refractivity contribution >= 4 is 40.7 Å². The van der Waals surface area contributed by atoms with Crippen LogP contribution in [0.1, 0.15) is 24.1 Å². The first-order valence-corrected chi connectivity index (χ1v) is 9.64. The molecule has 0 saturated carbocycles. The minimum atomic E-state index is 0. The molecule has 1 unspecified atom stereocenters. The van der Waals surface area contributed by atoms with Crippen LogP contribution >= 0.6 is 24.0 Å². The van der Waals surface area contributed by atoms with Gasteiger partial charge >= 0.3 is 0 Å². The monoisotopic (exact) mass is 512 g/mol. The molecule has 0 spiro atoms. The van der Waals surface area contributed by atoms with Crippen LogP contribution in [0.25, 0.3) is 22.2 Å². The lowest BCUT2D eigenvalue weighted by molar-refractivity contribution is 0.690. The summed E-state index contributed by atoms with van der Waals surface area (Å²) in [6.45, 7) is 2.81. The quantitative estimate of drug-likeness (QED) is 0.206. The molecule has 0 aliphatic carbocycles. The van der Waals surface area contributed by atoms with Gasteiger partial charge in [-0.2, -0.15) is 5.10 Å². The van der Waals surface area contributed by atoms with Crippen LogP contribution in [0.2, 0.25) is 0 Å². The summed E-state index contributed by atoms with van der Waals surface area (Å²) in [4.78, 5) is 8.60. The van der Waals surface area contributed by atoms with Gasteiger partial charge in [0.1, 0.15) is 6.33 Å². The van der Waals surface area contributed by atoms with E-state index in [9.17, 15) is 0 Å². The van der Waals surface area contributed by atoms with Crippen LogP contribution in [-0.4, -0.2) is 28.2 Å². The summed E-state index contributed by atoms with van der Waals surface area (Å²) in [7, 11) is 1.79. The highest BCUT2D eigenvalue weighted by molar-refractivity contribution is 14.0. The number of aromatic amines is 1. The van der Waals surface area contributed by atoms with E-state index in [0.717, 1.165) is 22.9 Å². The maximum Gasteiger partial charge on any atom is 0.191 e. The molecule has 0 bridgehead atoms. The molecule has 1 heterocycles. The lowest BCUT2D eigenvalue weighted by Crippen LogP contribution is -2.38. The van der Waals surface area contributed by atoms with Gasteiger partial charge in [0.05, 0.1) is 6.04 Å². The van der Waals surface area contributed by atoms with E-state index < -0.39 is 0 Å². The maximum atomic E-state index is 4.39. The fourth-order valence-corrected chi connectivity index (χ4v) is 3.46. The molecular weight excluding hydrogens is 487 g/mol. The van der Waals surface area contributed by atoms with Gasteiger partial charge in [-0.15, -0.1) is 24.0 Å². The molecule has 0 radical (unpaired) electrons. The highest BCUT2D eigenvalue weighted by Gasteiger charge is 2.11. The van der Waals surface area contributed by atoms with Gasteiger partial charge in [-0.3, -0.25) is 10.1 Å². The van der Waals surface area contributed by atoms with Gasteiger partial charge in [0.2, 0.25) is 0 Å². The fraction of sp³-hybridized carbons (Fsp3) is 0.174. The molecule has 0 aliphatic rings. The fourth-order valence-electron chi connectivity index (χ4n) is 3.46. The Hall–Kier alpha value is -2.94. The summed E-state index contributed by atoms with van der Waals surface area (Å²) >= 11 is 0. The first-order valence-electron chi connectivity index (χ1n) is 9.64. The molecule has 7 heteroatoms. The molecule has 1 atom stereocenters. The third kappa shape index (κ3) is 4.96. The topological polar surface area (TPSA) is 78.0 Å². The SMILES string of the molecule is CN=C(NCc1cccc(-c2ncn[nH]2)c1)NC(C)c1cccc2ccccc12.I. The standard InChI is InChI=1S/C23H24N6.HI/c1-16(20-12-6-9-18-8-3-4-11-21(18)20)28-23(24-2)25-14-17-7-5-10-19(13-17)22-26-15-27-29-22;/h3-13,15-16H,14H2,1-2H3,(H2,24,25,28)(H,26,27,29);1H. The van der Waals surface area contributed by atoms with Crippen molar-refractivity contribution in [1.82, 2.24) is 25.8 Å². The number of nitrogens with zero attached hydrogens (tertiary/aromatic N) is 3. The predicted octanol–water partition coefficient (Wildman–Crippen LogP) is 4.67. The average molecular weight is 512 g/mol. The lowest BCUT2D eigenvalue weighted by Gasteiger charge is -2.20. The Balaban J connectivity index is 0.00000256. The van der Waals surface area contributed by atoms with E-state index in [-0.39, 0.29) is 30.0 Å². The van der Waals surface area contributed by atoms with Crippen LogP contribution in [0.3, 0.4) is 0 Å². The zero-order valence-corrected chi connectivity index (χ0v) is 19.3. The number of guanidine groups is 1. The second kappa shape index (κ2) is 10.2. The van der Waals surface area contributed by atoms with Gasteiger partial charge in [-0.05, 0) is 34.9 Å². The number of fused-ring (bicyclic) bond motifs is 1. The Labute approximate surface area is 193 Å². The Bertz CT molecular complexity index is 1120.